The summed E-state index contributed by atoms with van der Waals surface area (Å²) >= 11 is 0. The van der Waals surface area contributed by atoms with Gasteiger partial charge in [-0.3, -0.25) is 4.79 Å². The molecule has 168 valence electrons. The smallest absolute Gasteiger partial charge is 0.281 e. The number of aromatic nitrogens is 2. The van der Waals surface area contributed by atoms with E-state index in [1.165, 1.54) is 25.1 Å². The van der Waals surface area contributed by atoms with Gasteiger partial charge >= 0.3 is 0 Å². The monoisotopic (exact) mass is 455 g/mol. The van der Waals surface area contributed by atoms with Crippen molar-refractivity contribution in [3.63, 3.8) is 0 Å². The van der Waals surface area contributed by atoms with Gasteiger partial charge < -0.3 is 14.1 Å². The predicted molar refractivity (Wildman–Crippen MR) is 105 cm³/mol. The lowest BCUT2D eigenvalue weighted by Gasteiger charge is -2.25. The third-order valence-electron chi connectivity index (χ3n) is 6.01. The van der Waals surface area contributed by atoms with E-state index >= 15 is 0 Å². The molecule has 3 atom stereocenters. The standard InChI is InChI=1S/C20H23F2N3O5S/c1-11(19(3,21)22)29-16-6-5-14(31(4,27)28)7-15(16)17(26)25-9-13-8-20(13,10-25)18-24-23-12(2)30-18/h5-7,11,13H,8-10H2,1-4H3/t11-,13?,20?/m0/s1. The number of hydrogen-bond acceptors (Lipinski definition) is 7. The molecule has 1 aromatic heterocycles. The fraction of sp³-hybridized carbons (Fsp3) is 0.550. The Balaban J connectivity index is 1.65. The molecule has 1 saturated carbocycles. The van der Waals surface area contributed by atoms with Crippen LogP contribution in [-0.4, -0.2) is 60.8 Å². The highest BCUT2D eigenvalue weighted by molar-refractivity contribution is 7.90. The average Bonchev–Trinajstić information content (AvgIpc) is 2.99. The number of likely N-dealkylation sites (tertiary alicyclic amines) is 1. The number of sulfone groups is 1. The van der Waals surface area contributed by atoms with Crippen LogP contribution in [0.3, 0.4) is 0 Å². The first-order chi connectivity index (χ1) is 14.3. The van der Waals surface area contributed by atoms with Gasteiger partial charge in [0.15, 0.2) is 15.9 Å². The Morgan fingerprint density at radius 1 is 1.39 bits per heavy atom. The fourth-order valence-electron chi connectivity index (χ4n) is 3.94. The molecule has 1 aromatic carbocycles. The van der Waals surface area contributed by atoms with Crippen molar-refractivity contribution in [2.45, 2.75) is 49.5 Å². The van der Waals surface area contributed by atoms with Gasteiger partial charge in [0.2, 0.25) is 11.8 Å². The van der Waals surface area contributed by atoms with E-state index < -0.39 is 33.2 Å². The van der Waals surface area contributed by atoms with Crippen LogP contribution in [0.15, 0.2) is 27.5 Å². The molecule has 1 aliphatic carbocycles. The summed E-state index contributed by atoms with van der Waals surface area (Å²) in [4.78, 5) is 14.8. The molecular weight excluding hydrogens is 432 g/mol. The average molecular weight is 455 g/mol. The summed E-state index contributed by atoms with van der Waals surface area (Å²) in [5.74, 6) is -2.66. The maximum atomic E-state index is 13.7. The third-order valence-corrected chi connectivity index (χ3v) is 7.12. The highest BCUT2D eigenvalue weighted by Crippen LogP contribution is 2.58. The number of fused-ring (bicyclic) bond motifs is 1. The number of carbonyl (C=O) groups is 1. The zero-order chi connectivity index (χ0) is 22.8. The molecule has 2 aromatic rings. The van der Waals surface area contributed by atoms with Crippen LogP contribution in [0.2, 0.25) is 0 Å². The van der Waals surface area contributed by atoms with Gasteiger partial charge in [0, 0.05) is 33.2 Å². The Morgan fingerprint density at radius 2 is 2.10 bits per heavy atom. The molecule has 2 fully saturated rings. The van der Waals surface area contributed by atoms with Crippen LogP contribution in [-0.2, 0) is 15.3 Å². The molecule has 1 aliphatic heterocycles. The molecule has 0 bridgehead atoms. The fourth-order valence-corrected chi connectivity index (χ4v) is 4.59. The van der Waals surface area contributed by atoms with Crippen molar-refractivity contribution in [1.82, 2.24) is 15.1 Å². The lowest BCUT2D eigenvalue weighted by atomic mass is 10.1. The van der Waals surface area contributed by atoms with Gasteiger partial charge in [0.1, 0.15) is 5.75 Å². The number of aryl methyl sites for hydroxylation is 1. The topological polar surface area (TPSA) is 103 Å². The van der Waals surface area contributed by atoms with Crippen LogP contribution in [0, 0.1) is 12.8 Å². The van der Waals surface area contributed by atoms with E-state index in [-0.39, 0.29) is 22.1 Å². The van der Waals surface area contributed by atoms with Crippen LogP contribution in [0.1, 0.15) is 42.4 Å². The van der Waals surface area contributed by atoms with Gasteiger partial charge in [-0.2, -0.15) is 0 Å². The largest absolute Gasteiger partial charge is 0.484 e. The van der Waals surface area contributed by atoms with Crippen molar-refractivity contribution in [1.29, 1.82) is 0 Å². The summed E-state index contributed by atoms with van der Waals surface area (Å²) in [5, 5.41) is 7.96. The Morgan fingerprint density at radius 3 is 2.68 bits per heavy atom. The van der Waals surface area contributed by atoms with E-state index in [0.29, 0.717) is 31.8 Å². The van der Waals surface area contributed by atoms with E-state index in [1.54, 1.807) is 11.8 Å². The number of piperidine rings is 1. The van der Waals surface area contributed by atoms with Crippen LogP contribution < -0.4 is 4.74 Å². The summed E-state index contributed by atoms with van der Waals surface area (Å²) in [6, 6.07) is 3.67. The Hall–Kier alpha value is -2.56. The maximum Gasteiger partial charge on any atom is 0.281 e. The molecule has 2 aliphatic rings. The molecule has 2 unspecified atom stereocenters. The number of halogens is 2. The highest BCUT2D eigenvalue weighted by Gasteiger charge is 2.65. The Bertz CT molecular complexity index is 1140. The molecule has 4 rings (SSSR count). The molecular formula is C20H23F2N3O5S. The number of ether oxygens (including phenoxy) is 1. The van der Waals surface area contributed by atoms with Crippen molar-refractivity contribution in [3.05, 3.63) is 35.5 Å². The number of alkyl halides is 2. The van der Waals surface area contributed by atoms with Crippen LogP contribution in [0.25, 0.3) is 0 Å². The first-order valence-corrected chi connectivity index (χ1v) is 11.7. The van der Waals surface area contributed by atoms with Gasteiger partial charge in [-0.05, 0) is 37.5 Å². The minimum atomic E-state index is -3.62. The van der Waals surface area contributed by atoms with Gasteiger partial charge in [-0.1, -0.05) is 0 Å². The Labute approximate surface area is 178 Å². The molecule has 0 N–H and O–H groups in total. The summed E-state index contributed by atoms with van der Waals surface area (Å²) in [7, 11) is -3.62. The minimum absolute atomic E-state index is 0.0721. The zero-order valence-electron chi connectivity index (χ0n) is 17.6. The van der Waals surface area contributed by atoms with E-state index in [9.17, 15) is 22.0 Å². The van der Waals surface area contributed by atoms with E-state index in [0.717, 1.165) is 12.7 Å². The molecule has 0 spiro atoms. The van der Waals surface area contributed by atoms with E-state index in [4.69, 9.17) is 9.15 Å². The van der Waals surface area contributed by atoms with Crippen LogP contribution >= 0.6 is 0 Å². The maximum absolute atomic E-state index is 13.7. The second-order valence-electron chi connectivity index (χ2n) is 8.52. The van der Waals surface area contributed by atoms with Gasteiger partial charge in [0.25, 0.3) is 11.8 Å². The number of carbonyl (C=O) groups excluding carboxylic acids is 1. The van der Waals surface area contributed by atoms with Crippen molar-refractivity contribution in [3.8, 4) is 5.75 Å². The third kappa shape index (κ3) is 3.90. The quantitative estimate of drug-likeness (QED) is 0.660. The summed E-state index contributed by atoms with van der Waals surface area (Å²) < 4.78 is 62.3. The van der Waals surface area contributed by atoms with Gasteiger partial charge in [-0.25, -0.2) is 17.2 Å². The van der Waals surface area contributed by atoms with Crippen LogP contribution in [0.5, 0.6) is 5.75 Å². The molecule has 0 radical (unpaired) electrons. The second-order valence-corrected chi connectivity index (χ2v) is 10.5. The first-order valence-electron chi connectivity index (χ1n) is 9.80. The molecule has 1 amide bonds. The number of rotatable bonds is 6. The summed E-state index contributed by atoms with van der Waals surface area (Å²) in [6.45, 7) is 4.33. The van der Waals surface area contributed by atoms with Gasteiger partial charge in [0.05, 0.1) is 15.9 Å². The van der Waals surface area contributed by atoms with Crippen molar-refractivity contribution in [2.24, 2.45) is 5.92 Å². The number of nitrogens with zero attached hydrogens (tertiary/aromatic N) is 3. The zero-order valence-corrected chi connectivity index (χ0v) is 18.4. The number of amides is 1. The summed E-state index contributed by atoms with van der Waals surface area (Å²) in [5.41, 5.74) is -0.479. The van der Waals surface area contributed by atoms with Crippen molar-refractivity contribution >= 4 is 15.7 Å². The first kappa shape index (κ1) is 21.7. The normalized spacial score (nSPS) is 24.1. The minimum Gasteiger partial charge on any atom is -0.484 e. The van der Waals surface area contributed by atoms with Crippen molar-refractivity contribution < 1.29 is 31.1 Å². The molecule has 1 saturated heterocycles. The van der Waals surface area contributed by atoms with Crippen LogP contribution in [0.4, 0.5) is 8.78 Å². The molecule has 31 heavy (non-hydrogen) atoms. The second kappa shape index (κ2) is 6.98. The van der Waals surface area contributed by atoms with E-state index in [2.05, 4.69) is 10.2 Å². The number of benzene rings is 1. The van der Waals surface area contributed by atoms with Crippen molar-refractivity contribution in [2.75, 3.05) is 19.3 Å². The molecule has 2 heterocycles. The lowest BCUT2D eigenvalue weighted by molar-refractivity contribution is -0.0720. The van der Waals surface area contributed by atoms with E-state index in [1.807, 2.05) is 0 Å². The van der Waals surface area contributed by atoms with Gasteiger partial charge in [-0.15, -0.1) is 10.2 Å². The highest BCUT2D eigenvalue weighted by atomic mass is 32.2. The summed E-state index contributed by atoms with van der Waals surface area (Å²) in [6.07, 6.45) is 0.310. The predicted octanol–water partition coefficient (Wildman–Crippen LogP) is 2.62. The number of hydrogen-bond donors (Lipinski definition) is 0. The molecule has 11 heteroatoms. The SMILES string of the molecule is Cc1nnc(C23CC2CN(C(=O)c2cc(S(C)(=O)=O)ccc2O[C@@H](C)C(C)(F)F)C3)o1. The molecule has 8 nitrogen and oxygen atoms in total. The lowest BCUT2D eigenvalue weighted by Crippen LogP contribution is -2.35. The Kier molecular flexibility index (Phi) is 4.87.